The Morgan fingerprint density at radius 2 is 1.81 bits per heavy atom. The molecule has 2 rings (SSSR count). The van der Waals surface area contributed by atoms with E-state index in [0.29, 0.717) is 0 Å². The second-order valence-electron chi connectivity index (χ2n) is 4.79. The van der Waals surface area contributed by atoms with Crippen molar-refractivity contribution >= 4 is 15.9 Å². The zero-order valence-corrected chi connectivity index (χ0v) is 11.6. The second-order valence-corrected chi connectivity index (χ2v) is 5.64. The predicted octanol–water partition coefficient (Wildman–Crippen LogP) is 4.13. The Hall–Kier alpha value is -0.340. The lowest BCUT2D eigenvalue weighted by Crippen LogP contribution is -2.24. The van der Waals surface area contributed by atoms with Gasteiger partial charge in [-0.25, -0.2) is 0 Å². The molecule has 1 heterocycles. The first-order chi connectivity index (χ1) is 7.75. The summed E-state index contributed by atoms with van der Waals surface area (Å²) in [6.45, 7) is 5.77. The fraction of sp³-hybridized carbons (Fsp3) is 0.571. The van der Waals surface area contributed by atoms with Crippen molar-refractivity contribution in [3.63, 3.8) is 0 Å². The molecule has 0 unspecified atom stereocenters. The van der Waals surface area contributed by atoms with Crippen LogP contribution < -0.4 is 0 Å². The first-order valence-electron chi connectivity index (χ1n) is 6.23. The molecule has 0 bridgehead atoms. The molecule has 0 radical (unpaired) electrons. The second kappa shape index (κ2) is 5.83. The third kappa shape index (κ3) is 3.33. The maximum atomic E-state index is 3.67. The van der Waals surface area contributed by atoms with E-state index in [1.807, 2.05) is 0 Å². The molecule has 0 atom stereocenters. The average molecular weight is 282 g/mol. The van der Waals surface area contributed by atoms with E-state index in [1.165, 1.54) is 54.4 Å². The van der Waals surface area contributed by atoms with Gasteiger partial charge in [-0.1, -0.05) is 40.9 Å². The van der Waals surface area contributed by atoms with Crippen molar-refractivity contribution in [2.75, 3.05) is 13.1 Å². The largest absolute Gasteiger partial charge is 0.299 e. The van der Waals surface area contributed by atoms with Gasteiger partial charge < -0.3 is 0 Å². The number of rotatable bonds is 2. The van der Waals surface area contributed by atoms with Crippen molar-refractivity contribution in [3.05, 3.63) is 33.8 Å². The molecule has 0 amide bonds. The Kier molecular flexibility index (Phi) is 4.42. The summed E-state index contributed by atoms with van der Waals surface area (Å²) in [6, 6.07) is 6.68. The van der Waals surface area contributed by atoms with Crippen LogP contribution in [0.4, 0.5) is 0 Å². The van der Waals surface area contributed by atoms with E-state index in [1.54, 1.807) is 0 Å². The highest BCUT2D eigenvalue weighted by Crippen LogP contribution is 2.21. The normalized spacial score (nSPS) is 18.4. The van der Waals surface area contributed by atoms with Crippen molar-refractivity contribution in [2.45, 2.75) is 39.2 Å². The first kappa shape index (κ1) is 12.1. The molecule has 1 saturated heterocycles. The minimum Gasteiger partial charge on any atom is -0.299 e. The third-order valence-corrected chi connectivity index (χ3v) is 4.04. The topological polar surface area (TPSA) is 3.24 Å². The summed E-state index contributed by atoms with van der Waals surface area (Å²) in [7, 11) is 0. The third-order valence-electron chi connectivity index (χ3n) is 3.30. The van der Waals surface area contributed by atoms with Crippen molar-refractivity contribution < 1.29 is 0 Å². The molecule has 1 aromatic rings. The highest BCUT2D eigenvalue weighted by atomic mass is 79.9. The summed E-state index contributed by atoms with van der Waals surface area (Å²) in [5.41, 5.74) is 2.75. The maximum absolute atomic E-state index is 3.67. The van der Waals surface area contributed by atoms with Gasteiger partial charge in [0.25, 0.3) is 0 Å². The standard InChI is InChI=1S/C14H20BrN/c1-12-6-7-13(14(15)10-12)11-16-8-4-2-3-5-9-16/h6-7,10H,2-5,8-9,11H2,1H3. The summed E-state index contributed by atoms with van der Waals surface area (Å²) in [6.07, 6.45) is 5.55. The molecule has 0 aliphatic carbocycles. The molecule has 0 N–H and O–H groups in total. The molecule has 1 fully saturated rings. The minimum atomic E-state index is 1.10. The molecule has 1 aromatic carbocycles. The predicted molar refractivity (Wildman–Crippen MR) is 72.6 cm³/mol. The van der Waals surface area contributed by atoms with Gasteiger partial charge in [-0.15, -0.1) is 0 Å². The van der Waals surface area contributed by atoms with Gasteiger partial charge in [0.2, 0.25) is 0 Å². The monoisotopic (exact) mass is 281 g/mol. The first-order valence-corrected chi connectivity index (χ1v) is 7.02. The number of hydrogen-bond acceptors (Lipinski definition) is 1. The summed E-state index contributed by atoms with van der Waals surface area (Å²) in [5.74, 6) is 0. The van der Waals surface area contributed by atoms with E-state index >= 15 is 0 Å². The van der Waals surface area contributed by atoms with Crippen LogP contribution >= 0.6 is 15.9 Å². The summed E-state index contributed by atoms with van der Waals surface area (Å²) in [4.78, 5) is 2.59. The number of likely N-dealkylation sites (tertiary alicyclic amines) is 1. The van der Waals surface area contributed by atoms with Crippen LogP contribution in [0.1, 0.15) is 36.8 Å². The molecule has 1 aliphatic heterocycles. The van der Waals surface area contributed by atoms with Crippen LogP contribution in [-0.4, -0.2) is 18.0 Å². The van der Waals surface area contributed by atoms with Crippen LogP contribution in [0.25, 0.3) is 0 Å². The number of nitrogens with zero attached hydrogens (tertiary/aromatic N) is 1. The smallest absolute Gasteiger partial charge is 0.0244 e. The van der Waals surface area contributed by atoms with Crippen molar-refractivity contribution in [2.24, 2.45) is 0 Å². The molecule has 0 spiro atoms. The lowest BCUT2D eigenvalue weighted by molar-refractivity contribution is 0.276. The van der Waals surface area contributed by atoms with Crippen LogP contribution in [-0.2, 0) is 6.54 Å². The summed E-state index contributed by atoms with van der Waals surface area (Å²) < 4.78 is 1.26. The highest BCUT2D eigenvalue weighted by molar-refractivity contribution is 9.10. The van der Waals surface area contributed by atoms with Gasteiger partial charge in [0.15, 0.2) is 0 Å². The summed E-state index contributed by atoms with van der Waals surface area (Å²) in [5, 5.41) is 0. The van der Waals surface area contributed by atoms with Gasteiger partial charge in [-0.2, -0.15) is 0 Å². The van der Waals surface area contributed by atoms with Crippen LogP contribution in [0, 0.1) is 6.92 Å². The quantitative estimate of drug-likeness (QED) is 0.788. The minimum absolute atomic E-state index is 1.10. The van der Waals surface area contributed by atoms with Gasteiger partial charge >= 0.3 is 0 Å². The fourth-order valence-corrected chi connectivity index (χ4v) is 2.93. The van der Waals surface area contributed by atoms with Crippen molar-refractivity contribution in [1.29, 1.82) is 0 Å². The number of benzene rings is 1. The van der Waals surface area contributed by atoms with Crippen LogP contribution in [0.5, 0.6) is 0 Å². The van der Waals surface area contributed by atoms with Crippen LogP contribution in [0.3, 0.4) is 0 Å². The highest BCUT2D eigenvalue weighted by Gasteiger charge is 2.10. The van der Waals surface area contributed by atoms with Crippen molar-refractivity contribution in [1.82, 2.24) is 4.90 Å². The molecule has 0 aromatic heterocycles. The fourth-order valence-electron chi connectivity index (χ4n) is 2.32. The molecule has 16 heavy (non-hydrogen) atoms. The van der Waals surface area contributed by atoms with E-state index in [9.17, 15) is 0 Å². The average Bonchev–Trinajstić information content (AvgIpc) is 2.51. The Balaban J connectivity index is 2.01. The van der Waals surface area contributed by atoms with Gasteiger partial charge in [0.1, 0.15) is 0 Å². The van der Waals surface area contributed by atoms with E-state index in [0.717, 1.165) is 6.54 Å². The zero-order valence-electron chi connectivity index (χ0n) is 10.0. The molecular weight excluding hydrogens is 262 g/mol. The van der Waals surface area contributed by atoms with E-state index in [2.05, 4.69) is 46.0 Å². The van der Waals surface area contributed by atoms with Crippen LogP contribution in [0.2, 0.25) is 0 Å². The maximum Gasteiger partial charge on any atom is 0.0244 e. The van der Waals surface area contributed by atoms with E-state index < -0.39 is 0 Å². The Morgan fingerprint density at radius 3 is 2.44 bits per heavy atom. The lowest BCUT2D eigenvalue weighted by atomic mass is 10.1. The zero-order chi connectivity index (χ0) is 11.4. The summed E-state index contributed by atoms with van der Waals surface area (Å²) >= 11 is 3.67. The van der Waals surface area contributed by atoms with Gasteiger partial charge in [-0.3, -0.25) is 4.90 Å². The lowest BCUT2D eigenvalue weighted by Gasteiger charge is -2.20. The SMILES string of the molecule is Cc1ccc(CN2CCCCCC2)c(Br)c1. The molecule has 1 nitrogen and oxygen atoms in total. The number of aryl methyl sites for hydroxylation is 1. The molecule has 0 saturated carbocycles. The van der Waals surface area contributed by atoms with E-state index in [4.69, 9.17) is 0 Å². The van der Waals surface area contributed by atoms with Crippen molar-refractivity contribution in [3.8, 4) is 0 Å². The van der Waals surface area contributed by atoms with Crippen LogP contribution in [0.15, 0.2) is 22.7 Å². The van der Waals surface area contributed by atoms with E-state index in [-0.39, 0.29) is 0 Å². The Morgan fingerprint density at radius 1 is 1.12 bits per heavy atom. The number of halogens is 1. The van der Waals surface area contributed by atoms with Gasteiger partial charge in [0.05, 0.1) is 0 Å². The Bertz CT molecular complexity index is 341. The number of hydrogen-bond donors (Lipinski definition) is 0. The molecule has 88 valence electrons. The molecular formula is C14H20BrN. The molecule has 1 aliphatic rings. The van der Waals surface area contributed by atoms with Gasteiger partial charge in [0, 0.05) is 11.0 Å². The Labute approximate surface area is 107 Å². The van der Waals surface area contributed by atoms with Gasteiger partial charge in [-0.05, 0) is 50.0 Å². The molecule has 2 heteroatoms.